The van der Waals surface area contributed by atoms with Crippen LogP contribution >= 0.6 is 11.6 Å². The zero-order valence-electron chi connectivity index (χ0n) is 11.4. The number of carbonyl (C=O) groups excluding carboxylic acids is 1. The Morgan fingerprint density at radius 3 is 2.95 bits per heavy atom. The molecule has 0 spiro atoms. The average Bonchev–Trinajstić information content (AvgIpc) is 3.00. The quantitative estimate of drug-likeness (QED) is 0.690. The number of hydrogen-bond acceptors (Lipinski definition) is 6. The van der Waals surface area contributed by atoms with Crippen LogP contribution in [0.25, 0.3) is 11.0 Å². The van der Waals surface area contributed by atoms with Crippen molar-refractivity contribution in [2.24, 2.45) is 0 Å². The van der Waals surface area contributed by atoms with Crippen molar-refractivity contribution in [2.45, 2.75) is 13.5 Å². The van der Waals surface area contributed by atoms with Crippen LogP contribution in [0.2, 0.25) is 5.15 Å². The molecule has 0 aromatic carbocycles. The third-order valence-corrected chi connectivity index (χ3v) is 3.25. The molecule has 0 radical (unpaired) electrons. The summed E-state index contributed by atoms with van der Waals surface area (Å²) in [5, 5.41) is 15.7. The fraction of sp³-hybridized carbons (Fsp3) is 0.167. The number of hydrogen-bond donors (Lipinski definition) is 2. The summed E-state index contributed by atoms with van der Waals surface area (Å²) in [5.41, 5.74) is -0.0516. The summed E-state index contributed by atoms with van der Waals surface area (Å²) in [4.78, 5) is 28.8. The maximum atomic E-state index is 12.5. The molecule has 3 aromatic heterocycles. The van der Waals surface area contributed by atoms with E-state index in [-0.39, 0.29) is 16.7 Å². The molecule has 2 N–H and O–H groups in total. The van der Waals surface area contributed by atoms with Crippen molar-refractivity contribution in [3.8, 4) is 0 Å². The minimum absolute atomic E-state index is 0.0122. The summed E-state index contributed by atoms with van der Waals surface area (Å²) in [6.07, 6.45) is 1.43. The lowest BCUT2D eigenvalue weighted by molar-refractivity contribution is 0.102. The fourth-order valence-electron chi connectivity index (χ4n) is 2.03. The van der Waals surface area contributed by atoms with E-state index in [1.807, 2.05) is 6.92 Å². The Balaban J connectivity index is 2.14. The van der Waals surface area contributed by atoms with Crippen molar-refractivity contribution in [2.75, 3.05) is 5.32 Å². The van der Waals surface area contributed by atoms with Gasteiger partial charge >= 0.3 is 0 Å². The molecule has 3 aromatic rings. The third-order valence-electron chi connectivity index (χ3n) is 3.04. The highest BCUT2D eigenvalue weighted by Gasteiger charge is 2.17. The van der Waals surface area contributed by atoms with E-state index in [0.29, 0.717) is 17.6 Å². The molecule has 0 bridgehead atoms. The Labute approximate surface area is 128 Å². The Bertz CT molecular complexity index is 904. The maximum Gasteiger partial charge on any atom is 0.270 e. The fourth-order valence-corrected chi connectivity index (χ4v) is 2.17. The standard InChI is InChI=1S/C12H10ClN7O2/c1-2-20-5-7(11(22)15-12-16-18-19-17-12)9(21)6-3-4-8(13)14-10(6)20/h3-5H,2H2,1H3,(H2,15,16,17,18,19,22). The monoisotopic (exact) mass is 319 g/mol. The van der Waals surface area contributed by atoms with Gasteiger partial charge < -0.3 is 4.57 Å². The molecule has 0 aliphatic carbocycles. The molecule has 10 heteroatoms. The second-order valence-electron chi connectivity index (χ2n) is 4.35. The van der Waals surface area contributed by atoms with Crippen LogP contribution in [0.5, 0.6) is 0 Å². The molecule has 0 saturated heterocycles. The van der Waals surface area contributed by atoms with Crippen molar-refractivity contribution < 1.29 is 4.79 Å². The number of amides is 1. The van der Waals surface area contributed by atoms with Gasteiger partial charge in [-0.3, -0.25) is 14.9 Å². The summed E-state index contributed by atoms with van der Waals surface area (Å²) in [6.45, 7) is 2.39. The number of nitrogens with one attached hydrogen (secondary N) is 2. The van der Waals surface area contributed by atoms with Crippen LogP contribution in [0.3, 0.4) is 0 Å². The number of fused-ring (bicyclic) bond motifs is 1. The van der Waals surface area contributed by atoms with Gasteiger partial charge in [-0.05, 0) is 24.3 Å². The predicted octanol–water partition coefficient (Wildman–Crippen LogP) is 0.835. The van der Waals surface area contributed by atoms with E-state index < -0.39 is 11.3 Å². The minimum Gasteiger partial charge on any atom is -0.332 e. The molecule has 9 nitrogen and oxygen atoms in total. The molecular weight excluding hydrogens is 310 g/mol. The van der Waals surface area contributed by atoms with Crippen LogP contribution in [0.15, 0.2) is 23.1 Å². The molecule has 112 valence electrons. The molecule has 3 heterocycles. The van der Waals surface area contributed by atoms with Crippen LogP contribution in [-0.2, 0) is 6.54 Å². The van der Waals surface area contributed by atoms with Gasteiger partial charge in [-0.25, -0.2) is 4.98 Å². The molecule has 1 amide bonds. The molecule has 22 heavy (non-hydrogen) atoms. The SMILES string of the molecule is CCn1cc(C(=O)Nc2nn[nH]n2)c(=O)c2ccc(Cl)nc21. The van der Waals surface area contributed by atoms with Crippen molar-refractivity contribution in [3.63, 3.8) is 0 Å². The number of halogens is 1. The maximum absolute atomic E-state index is 12.5. The zero-order chi connectivity index (χ0) is 15.7. The van der Waals surface area contributed by atoms with E-state index in [1.54, 1.807) is 10.6 Å². The van der Waals surface area contributed by atoms with E-state index >= 15 is 0 Å². The Hall–Kier alpha value is -2.81. The predicted molar refractivity (Wildman–Crippen MR) is 78.8 cm³/mol. The van der Waals surface area contributed by atoms with Gasteiger partial charge in [0, 0.05) is 12.7 Å². The normalized spacial score (nSPS) is 10.8. The van der Waals surface area contributed by atoms with E-state index in [0.717, 1.165) is 0 Å². The van der Waals surface area contributed by atoms with Gasteiger partial charge in [-0.1, -0.05) is 16.7 Å². The smallest absolute Gasteiger partial charge is 0.270 e. The summed E-state index contributed by atoms with van der Waals surface area (Å²) >= 11 is 5.86. The van der Waals surface area contributed by atoms with E-state index in [9.17, 15) is 9.59 Å². The van der Waals surface area contributed by atoms with E-state index in [2.05, 4.69) is 30.9 Å². The Morgan fingerprint density at radius 1 is 1.45 bits per heavy atom. The number of aromatic amines is 1. The minimum atomic E-state index is -0.620. The number of carbonyl (C=O) groups is 1. The molecule has 0 saturated carbocycles. The molecule has 0 fully saturated rings. The van der Waals surface area contributed by atoms with Crippen LogP contribution in [0, 0.1) is 0 Å². The van der Waals surface area contributed by atoms with Gasteiger partial charge in [0.1, 0.15) is 16.4 Å². The van der Waals surface area contributed by atoms with Gasteiger partial charge in [0.15, 0.2) is 0 Å². The van der Waals surface area contributed by atoms with Gasteiger partial charge in [0.05, 0.1) is 5.39 Å². The van der Waals surface area contributed by atoms with E-state index in [4.69, 9.17) is 11.6 Å². The number of pyridine rings is 2. The van der Waals surface area contributed by atoms with Gasteiger partial charge in [-0.2, -0.15) is 5.21 Å². The summed E-state index contributed by atoms with van der Waals surface area (Å²) < 4.78 is 1.67. The summed E-state index contributed by atoms with van der Waals surface area (Å²) in [7, 11) is 0. The number of nitrogens with zero attached hydrogens (tertiary/aromatic N) is 5. The first-order chi connectivity index (χ1) is 10.6. The second-order valence-corrected chi connectivity index (χ2v) is 4.74. The third kappa shape index (κ3) is 2.42. The molecule has 0 aliphatic rings. The molecule has 0 unspecified atom stereocenters. The highest BCUT2D eigenvalue weighted by molar-refractivity contribution is 6.29. The number of rotatable bonds is 3. The number of aromatic nitrogens is 6. The summed E-state index contributed by atoms with van der Waals surface area (Å²) in [5.74, 6) is -0.632. The van der Waals surface area contributed by atoms with Crippen molar-refractivity contribution in [3.05, 3.63) is 39.3 Å². The highest BCUT2D eigenvalue weighted by Crippen LogP contribution is 2.14. The van der Waals surface area contributed by atoms with Gasteiger partial charge in [-0.15, -0.1) is 5.10 Å². The first-order valence-corrected chi connectivity index (χ1v) is 6.72. The van der Waals surface area contributed by atoms with Crippen molar-refractivity contribution in [1.29, 1.82) is 0 Å². The first-order valence-electron chi connectivity index (χ1n) is 6.34. The topological polar surface area (TPSA) is 118 Å². The van der Waals surface area contributed by atoms with E-state index in [1.165, 1.54) is 12.3 Å². The highest BCUT2D eigenvalue weighted by atomic mass is 35.5. The van der Waals surface area contributed by atoms with Gasteiger partial charge in [0.2, 0.25) is 5.43 Å². The Kier molecular flexibility index (Phi) is 3.55. The lowest BCUT2D eigenvalue weighted by Crippen LogP contribution is -2.24. The number of H-pyrrole nitrogens is 1. The molecule has 0 aliphatic heterocycles. The number of aryl methyl sites for hydroxylation is 1. The summed E-state index contributed by atoms with van der Waals surface area (Å²) in [6, 6.07) is 3.05. The molecule has 3 rings (SSSR count). The largest absolute Gasteiger partial charge is 0.332 e. The van der Waals surface area contributed by atoms with Crippen LogP contribution in [0.1, 0.15) is 17.3 Å². The van der Waals surface area contributed by atoms with Crippen LogP contribution in [-0.4, -0.2) is 36.1 Å². The second kappa shape index (κ2) is 5.53. The lowest BCUT2D eigenvalue weighted by Gasteiger charge is -2.10. The Morgan fingerprint density at radius 2 is 2.27 bits per heavy atom. The molecule has 0 atom stereocenters. The first kappa shape index (κ1) is 14.1. The number of anilines is 1. The lowest BCUT2D eigenvalue weighted by atomic mass is 10.2. The molecular formula is C12H10ClN7O2. The van der Waals surface area contributed by atoms with Gasteiger partial charge in [0.25, 0.3) is 11.9 Å². The zero-order valence-corrected chi connectivity index (χ0v) is 12.1. The van der Waals surface area contributed by atoms with Crippen molar-refractivity contribution in [1.82, 2.24) is 30.2 Å². The number of tetrazole rings is 1. The van der Waals surface area contributed by atoms with Crippen molar-refractivity contribution >= 4 is 34.5 Å². The van der Waals surface area contributed by atoms with Crippen LogP contribution in [0.4, 0.5) is 5.95 Å². The average molecular weight is 320 g/mol. The van der Waals surface area contributed by atoms with Crippen LogP contribution < -0.4 is 10.7 Å².